The Labute approximate surface area is 82.6 Å². The maximum absolute atomic E-state index is 11.6. The fourth-order valence-corrected chi connectivity index (χ4v) is 1.13. The van der Waals surface area contributed by atoms with Crippen LogP contribution < -0.4 is 0 Å². The van der Waals surface area contributed by atoms with Crippen LogP contribution in [-0.2, 0) is 6.42 Å². The summed E-state index contributed by atoms with van der Waals surface area (Å²) in [6.45, 7) is 0. The Balaban J connectivity index is 2.29. The van der Waals surface area contributed by atoms with E-state index in [-0.39, 0.29) is 0 Å². The van der Waals surface area contributed by atoms with Crippen molar-refractivity contribution in [1.29, 1.82) is 0 Å². The second-order valence-electron chi connectivity index (χ2n) is 2.91. The molecule has 14 heavy (non-hydrogen) atoms. The molecule has 0 atom stereocenters. The molecule has 0 saturated carbocycles. The minimum absolute atomic E-state index is 0.786. The number of benzene rings is 1. The fraction of sp³-hybridized carbons (Fsp3) is 0.167. The van der Waals surface area contributed by atoms with Crippen LogP contribution in [-0.4, -0.2) is 0 Å². The number of halogens is 2. The molecule has 0 N–H and O–H groups in total. The summed E-state index contributed by atoms with van der Waals surface area (Å²) in [4.78, 5) is 0. The van der Waals surface area contributed by atoms with Gasteiger partial charge in [0.05, 0.1) is 0 Å². The van der Waals surface area contributed by atoms with Crippen molar-refractivity contribution in [2.75, 3.05) is 0 Å². The molecule has 0 aromatic heterocycles. The van der Waals surface area contributed by atoms with Crippen LogP contribution in [0.15, 0.2) is 54.6 Å². The first kappa shape index (κ1) is 10.6. The molecule has 0 bridgehead atoms. The van der Waals surface area contributed by atoms with Crippen LogP contribution in [0, 0.1) is 0 Å². The minimum Gasteiger partial charge on any atom is -0.173 e. The molecule has 0 fully saturated rings. The van der Waals surface area contributed by atoms with Crippen molar-refractivity contribution in [1.82, 2.24) is 0 Å². The molecule has 1 aromatic carbocycles. The third-order valence-corrected chi connectivity index (χ3v) is 1.80. The lowest BCUT2D eigenvalue weighted by Crippen LogP contribution is -1.80. The van der Waals surface area contributed by atoms with Gasteiger partial charge in [-0.15, -0.1) is 0 Å². The quantitative estimate of drug-likeness (QED) is 0.636. The van der Waals surface area contributed by atoms with E-state index < -0.39 is 6.08 Å². The lowest BCUT2D eigenvalue weighted by Gasteiger charge is -1.95. The summed E-state index contributed by atoms with van der Waals surface area (Å²) in [7, 11) is 0. The highest BCUT2D eigenvalue weighted by Gasteiger charge is 1.87. The van der Waals surface area contributed by atoms with Crippen molar-refractivity contribution in [2.24, 2.45) is 0 Å². The molecule has 0 aliphatic carbocycles. The van der Waals surface area contributed by atoms with E-state index in [0.29, 0.717) is 0 Å². The Kier molecular flexibility index (Phi) is 4.62. The first-order valence-electron chi connectivity index (χ1n) is 4.51. The van der Waals surface area contributed by atoms with Crippen molar-refractivity contribution in [2.45, 2.75) is 12.8 Å². The van der Waals surface area contributed by atoms with E-state index in [2.05, 4.69) is 0 Å². The molecule has 0 nitrogen and oxygen atoms in total. The van der Waals surface area contributed by atoms with Gasteiger partial charge in [-0.3, -0.25) is 0 Å². The lowest BCUT2D eigenvalue weighted by molar-refractivity contribution is 0.422. The van der Waals surface area contributed by atoms with Crippen LogP contribution >= 0.6 is 0 Å². The van der Waals surface area contributed by atoms with E-state index >= 15 is 0 Å². The smallest absolute Gasteiger partial charge is 0.173 e. The van der Waals surface area contributed by atoms with Gasteiger partial charge in [0.25, 0.3) is 6.08 Å². The molecule has 0 aliphatic heterocycles. The molecule has 0 amide bonds. The number of aryl methyl sites for hydroxylation is 1. The van der Waals surface area contributed by atoms with Gasteiger partial charge in [-0.2, -0.15) is 8.78 Å². The zero-order valence-corrected chi connectivity index (χ0v) is 7.79. The number of rotatable bonds is 4. The Hall–Kier alpha value is -1.44. The standard InChI is InChI=1S/C12H12F2/c13-12(14)10-6-2-5-9-11-7-3-1-4-8-11/h1-4,6-8,10H,5,9H2/b6-2+. The summed E-state index contributed by atoms with van der Waals surface area (Å²) in [6, 6.07) is 9.96. The highest BCUT2D eigenvalue weighted by Crippen LogP contribution is 2.03. The van der Waals surface area contributed by atoms with Crippen LogP contribution in [0.4, 0.5) is 8.78 Å². The summed E-state index contributed by atoms with van der Waals surface area (Å²) in [5.41, 5.74) is 1.22. The molecule has 0 saturated heterocycles. The molecule has 0 aliphatic rings. The van der Waals surface area contributed by atoms with Gasteiger partial charge in [0, 0.05) is 6.08 Å². The van der Waals surface area contributed by atoms with Crippen LogP contribution in [0.3, 0.4) is 0 Å². The Morgan fingerprint density at radius 1 is 1.14 bits per heavy atom. The monoisotopic (exact) mass is 194 g/mol. The maximum atomic E-state index is 11.6. The molecule has 2 heteroatoms. The highest BCUT2D eigenvalue weighted by molar-refractivity contribution is 5.15. The van der Waals surface area contributed by atoms with Crippen LogP contribution in [0.5, 0.6) is 0 Å². The molecule has 1 aromatic rings. The number of allylic oxidation sites excluding steroid dienone is 3. The van der Waals surface area contributed by atoms with Gasteiger partial charge < -0.3 is 0 Å². The van der Waals surface area contributed by atoms with Crippen molar-refractivity contribution in [3.8, 4) is 0 Å². The Morgan fingerprint density at radius 3 is 2.50 bits per heavy atom. The predicted molar refractivity (Wildman–Crippen MR) is 54.2 cm³/mol. The molecule has 0 radical (unpaired) electrons. The van der Waals surface area contributed by atoms with Gasteiger partial charge in [-0.1, -0.05) is 42.5 Å². The molecule has 0 heterocycles. The van der Waals surface area contributed by atoms with Crippen LogP contribution in [0.2, 0.25) is 0 Å². The van der Waals surface area contributed by atoms with Crippen molar-refractivity contribution in [3.05, 3.63) is 60.2 Å². The summed E-state index contributed by atoms with van der Waals surface area (Å²) >= 11 is 0. The molecule has 74 valence electrons. The van der Waals surface area contributed by atoms with Crippen LogP contribution in [0.25, 0.3) is 0 Å². The zero-order chi connectivity index (χ0) is 10.2. The molecular weight excluding hydrogens is 182 g/mol. The van der Waals surface area contributed by atoms with Crippen LogP contribution in [0.1, 0.15) is 12.0 Å². The molecule has 0 unspecified atom stereocenters. The van der Waals surface area contributed by atoms with Crippen molar-refractivity contribution >= 4 is 0 Å². The fourth-order valence-electron chi connectivity index (χ4n) is 1.13. The van der Waals surface area contributed by atoms with Crippen molar-refractivity contribution in [3.63, 3.8) is 0 Å². The van der Waals surface area contributed by atoms with Gasteiger partial charge in [0.1, 0.15) is 0 Å². The summed E-state index contributed by atoms with van der Waals surface area (Å²) in [5, 5.41) is 0. The summed E-state index contributed by atoms with van der Waals surface area (Å²) in [6.07, 6.45) is 3.96. The maximum Gasteiger partial charge on any atom is 0.270 e. The largest absolute Gasteiger partial charge is 0.270 e. The van der Waals surface area contributed by atoms with E-state index in [1.807, 2.05) is 30.3 Å². The Morgan fingerprint density at radius 2 is 1.86 bits per heavy atom. The van der Waals surface area contributed by atoms with E-state index in [1.54, 1.807) is 6.08 Å². The van der Waals surface area contributed by atoms with Gasteiger partial charge in [0.15, 0.2) is 0 Å². The second kappa shape index (κ2) is 6.08. The number of hydrogen-bond donors (Lipinski definition) is 0. The predicted octanol–water partition coefficient (Wildman–Crippen LogP) is 3.96. The van der Waals surface area contributed by atoms with Crippen molar-refractivity contribution < 1.29 is 8.78 Å². The first-order valence-corrected chi connectivity index (χ1v) is 4.51. The number of hydrogen-bond acceptors (Lipinski definition) is 0. The second-order valence-corrected chi connectivity index (χ2v) is 2.91. The summed E-state index contributed by atoms with van der Waals surface area (Å²) in [5.74, 6) is 0. The van der Waals surface area contributed by atoms with Gasteiger partial charge >= 0.3 is 0 Å². The third-order valence-electron chi connectivity index (χ3n) is 1.80. The average molecular weight is 194 g/mol. The molecule has 1 rings (SSSR count). The SMILES string of the molecule is FC(F)=C/C=C/CCc1ccccc1. The minimum atomic E-state index is -1.65. The zero-order valence-electron chi connectivity index (χ0n) is 7.79. The van der Waals surface area contributed by atoms with Gasteiger partial charge in [-0.05, 0) is 18.4 Å². The van der Waals surface area contributed by atoms with E-state index in [1.165, 1.54) is 11.6 Å². The third kappa shape index (κ3) is 4.55. The van der Waals surface area contributed by atoms with E-state index in [9.17, 15) is 8.78 Å². The highest BCUT2D eigenvalue weighted by atomic mass is 19.3. The van der Waals surface area contributed by atoms with Gasteiger partial charge in [-0.25, -0.2) is 0 Å². The summed E-state index contributed by atoms with van der Waals surface area (Å²) < 4.78 is 23.2. The topological polar surface area (TPSA) is 0 Å². The molecular formula is C12H12F2. The first-order chi connectivity index (χ1) is 6.79. The Bertz CT molecular complexity index is 308. The normalized spacial score (nSPS) is 10.4. The lowest BCUT2D eigenvalue weighted by atomic mass is 10.1. The van der Waals surface area contributed by atoms with E-state index in [4.69, 9.17) is 0 Å². The van der Waals surface area contributed by atoms with E-state index in [0.717, 1.165) is 18.9 Å². The molecule has 0 spiro atoms. The van der Waals surface area contributed by atoms with Gasteiger partial charge in [0.2, 0.25) is 0 Å². The average Bonchev–Trinajstić information content (AvgIpc) is 2.18.